The largest absolute Gasteiger partial charge is 0.384 e. The van der Waals surface area contributed by atoms with E-state index in [1.54, 1.807) is 10.7 Å². The molecule has 96 valence electrons. The highest BCUT2D eigenvalue weighted by atomic mass is 16.2. The van der Waals surface area contributed by atoms with E-state index in [4.69, 9.17) is 5.73 Å². The number of rotatable bonds is 6. The van der Waals surface area contributed by atoms with Gasteiger partial charge in [0.2, 0.25) is 0 Å². The van der Waals surface area contributed by atoms with Crippen LogP contribution >= 0.6 is 0 Å². The first kappa shape index (κ1) is 13.5. The first-order valence-electron chi connectivity index (χ1n) is 6.26. The molecule has 0 atom stereocenters. The molecule has 0 aliphatic rings. The summed E-state index contributed by atoms with van der Waals surface area (Å²) in [7, 11) is 0. The second kappa shape index (κ2) is 6.27. The Morgan fingerprint density at radius 2 is 1.94 bits per heavy atom. The van der Waals surface area contributed by atoms with Gasteiger partial charge in [0.25, 0.3) is 5.91 Å². The summed E-state index contributed by atoms with van der Waals surface area (Å²) in [6.07, 6.45) is 1.91. The number of carbonyl (C=O) groups is 1. The fourth-order valence-electron chi connectivity index (χ4n) is 1.81. The van der Waals surface area contributed by atoms with Crippen LogP contribution in [-0.4, -0.2) is 33.7 Å². The molecule has 1 aromatic rings. The van der Waals surface area contributed by atoms with Crippen LogP contribution in [0.4, 0.5) is 5.82 Å². The molecule has 0 aromatic carbocycles. The van der Waals surface area contributed by atoms with Gasteiger partial charge in [-0.2, -0.15) is 5.10 Å². The lowest BCUT2D eigenvalue weighted by Crippen LogP contribution is -2.32. The molecule has 0 spiro atoms. The molecule has 5 nitrogen and oxygen atoms in total. The second-order valence-corrected chi connectivity index (χ2v) is 4.06. The molecule has 2 N–H and O–H groups in total. The van der Waals surface area contributed by atoms with Crippen LogP contribution in [0, 0.1) is 0 Å². The first-order valence-corrected chi connectivity index (χ1v) is 6.26. The fourth-order valence-corrected chi connectivity index (χ4v) is 1.81. The summed E-state index contributed by atoms with van der Waals surface area (Å²) in [4.78, 5) is 14.0. The van der Waals surface area contributed by atoms with Crippen LogP contribution in [0.1, 0.15) is 44.1 Å². The molecule has 0 saturated carbocycles. The molecule has 0 aliphatic carbocycles. The Morgan fingerprint density at radius 1 is 1.35 bits per heavy atom. The molecule has 0 aliphatic heterocycles. The van der Waals surface area contributed by atoms with Gasteiger partial charge < -0.3 is 10.6 Å². The highest BCUT2D eigenvalue weighted by molar-refractivity contribution is 5.93. The van der Waals surface area contributed by atoms with Gasteiger partial charge in [-0.1, -0.05) is 13.8 Å². The third-order valence-electron chi connectivity index (χ3n) is 2.60. The predicted octanol–water partition coefficient (Wildman–Crippen LogP) is 1.75. The van der Waals surface area contributed by atoms with Crippen LogP contribution in [0.2, 0.25) is 0 Å². The Hall–Kier alpha value is -1.52. The fraction of sp³-hybridized carbons (Fsp3) is 0.667. The Kier molecular flexibility index (Phi) is 5.00. The molecule has 0 bridgehead atoms. The number of carbonyl (C=O) groups excluding carboxylic acids is 1. The number of nitrogen functional groups attached to an aromatic ring is 1. The predicted molar refractivity (Wildman–Crippen MR) is 68.8 cm³/mol. The van der Waals surface area contributed by atoms with E-state index in [0.29, 0.717) is 18.1 Å². The summed E-state index contributed by atoms with van der Waals surface area (Å²) in [6, 6.07) is 1.66. The van der Waals surface area contributed by atoms with Gasteiger partial charge >= 0.3 is 0 Å². The van der Waals surface area contributed by atoms with Crippen molar-refractivity contribution in [1.82, 2.24) is 14.7 Å². The molecular formula is C12H22N4O. The summed E-state index contributed by atoms with van der Waals surface area (Å²) in [5.74, 6) is 0.524. The van der Waals surface area contributed by atoms with Gasteiger partial charge in [-0.25, -0.2) is 4.68 Å². The van der Waals surface area contributed by atoms with Crippen molar-refractivity contribution in [2.75, 3.05) is 18.8 Å². The Morgan fingerprint density at radius 3 is 2.35 bits per heavy atom. The maximum Gasteiger partial charge on any atom is 0.274 e. The van der Waals surface area contributed by atoms with Gasteiger partial charge in [-0.3, -0.25) is 4.79 Å². The van der Waals surface area contributed by atoms with E-state index in [0.717, 1.165) is 25.9 Å². The number of nitrogens with two attached hydrogens (primary N) is 1. The summed E-state index contributed by atoms with van der Waals surface area (Å²) >= 11 is 0. The number of amides is 1. The lowest BCUT2D eigenvalue weighted by molar-refractivity contribution is 0.0748. The summed E-state index contributed by atoms with van der Waals surface area (Å²) < 4.78 is 1.64. The van der Waals surface area contributed by atoms with Crippen LogP contribution in [-0.2, 0) is 6.54 Å². The zero-order chi connectivity index (χ0) is 12.8. The zero-order valence-corrected chi connectivity index (χ0v) is 10.9. The highest BCUT2D eigenvalue weighted by Crippen LogP contribution is 2.10. The topological polar surface area (TPSA) is 64.2 Å². The molecule has 1 heterocycles. The van der Waals surface area contributed by atoms with Gasteiger partial charge in [0.1, 0.15) is 5.82 Å². The average molecular weight is 238 g/mol. The molecule has 5 heteroatoms. The molecule has 1 rings (SSSR count). The maximum atomic E-state index is 12.2. The van der Waals surface area contributed by atoms with Gasteiger partial charge in [-0.05, 0) is 19.8 Å². The molecule has 1 amide bonds. The monoisotopic (exact) mass is 238 g/mol. The van der Waals surface area contributed by atoms with E-state index in [1.807, 2.05) is 11.8 Å². The van der Waals surface area contributed by atoms with Gasteiger partial charge in [0.05, 0.1) is 0 Å². The van der Waals surface area contributed by atoms with Crippen molar-refractivity contribution in [1.29, 1.82) is 0 Å². The molecule has 0 saturated heterocycles. The van der Waals surface area contributed by atoms with Crippen molar-refractivity contribution in [3.8, 4) is 0 Å². The minimum absolute atomic E-state index is 0.0207. The van der Waals surface area contributed by atoms with Crippen LogP contribution in [0.3, 0.4) is 0 Å². The number of aromatic nitrogens is 2. The number of aryl methyl sites for hydroxylation is 1. The third kappa shape index (κ3) is 3.22. The maximum absolute atomic E-state index is 12.2. The van der Waals surface area contributed by atoms with Crippen molar-refractivity contribution < 1.29 is 4.79 Å². The van der Waals surface area contributed by atoms with Crippen molar-refractivity contribution in [2.24, 2.45) is 0 Å². The van der Waals surface area contributed by atoms with E-state index in [2.05, 4.69) is 18.9 Å². The number of hydrogen-bond acceptors (Lipinski definition) is 3. The Bertz CT molecular complexity index is 367. The van der Waals surface area contributed by atoms with Gasteiger partial charge in [0, 0.05) is 25.7 Å². The van der Waals surface area contributed by atoms with Crippen molar-refractivity contribution in [3.63, 3.8) is 0 Å². The third-order valence-corrected chi connectivity index (χ3v) is 2.60. The SMILES string of the molecule is CCCN(CCC)C(=O)c1cc(N)n(CC)n1. The Labute approximate surface area is 103 Å². The van der Waals surface area contributed by atoms with Crippen LogP contribution in [0.5, 0.6) is 0 Å². The Balaban J connectivity index is 2.84. The molecule has 0 unspecified atom stereocenters. The van der Waals surface area contributed by atoms with Crippen molar-refractivity contribution >= 4 is 11.7 Å². The molecule has 0 radical (unpaired) electrons. The lowest BCUT2D eigenvalue weighted by atomic mass is 10.3. The van der Waals surface area contributed by atoms with Gasteiger partial charge in [0.15, 0.2) is 5.69 Å². The average Bonchev–Trinajstić information content (AvgIpc) is 2.69. The van der Waals surface area contributed by atoms with E-state index in [9.17, 15) is 4.79 Å². The van der Waals surface area contributed by atoms with E-state index in [1.165, 1.54) is 0 Å². The normalized spacial score (nSPS) is 10.5. The first-order chi connectivity index (χ1) is 8.13. The number of hydrogen-bond donors (Lipinski definition) is 1. The molecule has 0 fully saturated rings. The van der Waals surface area contributed by atoms with Crippen LogP contribution in [0.15, 0.2) is 6.07 Å². The van der Waals surface area contributed by atoms with Crippen molar-refractivity contribution in [3.05, 3.63) is 11.8 Å². The highest BCUT2D eigenvalue weighted by Gasteiger charge is 2.18. The van der Waals surface area contributed by atoms with Crippen molar-refractivity contribution in [2.45, 2.75) is 40.2 Å². The molecular weight excluding hydrogens is 216 g/mol. The summed E-state index contributed by atoms with van der Waals surface area (Å²) in [6.45, 7) is 8.30. The van der Waals surface area contributed by atoms with E-state index < -0.39 is 0 Å². The zero-order valence-electron chi connectivity index (χ0n) is 10.9. The summed E-state index contributed by atoms with van der Waals surface area (Å²) in [5, 5.41) is 4.21. The van der Waals surface area contributed by atoms with Crippen LogP contribution < -0.4 is 5.73 Å². The minimum Gasteiger partial charge on any atom is -0.384 e. The number of anilines is 1. The minimum atomic E-state index is -0.0207. The second-order valence-electron chi connectivity index (χ2n) is 4.06. The van der Waals surface area contributed by atoms with E-state index in [-0.39, 0.29) is 5.91 Å². The summed E-state index contributed by atoms with van der Waals surface area (Å²) in [5.41, 5.74) is 6.22. The number of nitrogens with zero attached hydrogens (tertiary/aromatic N) is 3. The van der Waals surface area contributed by atoms with E-state index >= 15 is 0 Å². The molecule has 1 aromatic heterocycles. The standard InChI is InChI=1S/C12H22N4O/c1-4-7-15(8-5-2)12(17)10-9-11(13)16(6-3)14-10/h9H,4-8,13H2,1-3H3. The quantitative estimate of drug-likeness (QED) is 0.821. The van der Waals surface area contributed by atoms with Crippen LogP contribution in [0.25, 0.3) is 0 Å². The molecule has 17 heavy (non-hydrogen) atoms. The smallest absolute Gasteiger partial charge is 0.274 e. The lowest BCUT2D eigenvalue weighted by Gasteiger charge is -2.20. The van der Waals surface area contributed by atoms with Gasteiger partial charge in [-0.15, -0.1) is 0 Å².